The maximum Gasteiger partial charge on any atom is 0.165 e. The molecule has 0 aromatic heterocycles. The average Bonchev–Trinajstić information content (AvgIpc) is 2.20. The van der Waals surface area contributed by atoms with Crippen molar-refractivity contribution in [2.75, 3.05) is 0 Å². The van der Waals surface area contributed by atoms with Crippen molar-refractivity contribution < 1.29 is 14.3 Å². The van der Waals surface area contributed by atoms with Gasteiger partial charge < -0.3 is 5.11 Å². The standard InChI is InChI=1S/C13H17FO2/c1-8(2)13(16)12(15)7-10-4-5-11(14)6-9(10)3/h4-6,8,13,16H,7H2,1-3H3. The Morgan fingerprint density at radius 2 is 2.06 bits per heavy atom. The number of aliphatic hydroxyl groups is 1. The smallest absolute Gasteiger partial charge is 0.165 e. The second-order valence-corrected chi connectivity index (χ2v) is 4.40. The third-order valence-corrected chi connectivity index (χ3v) is 2.63. The monoisotopic (exact) mass is 224 g/mol. The molecule has 0 aliphatic heterocycles. The molecule has 0 heterocycles. The van der Waals surface area contributed by atoms with Gasteiger partial charge in [0.05, 0.1) is 0 Å². The van der Waals surface area contributed by atoms with Crippen LogP contribution in [0.1, 0.15) is 25.0 Å². The van der Waals surface area contributed by atoms with Crippen LogP contribution in [0, 0.1) is 18.7 Å². The highest BCUT2D eigenvalue weighted by molar-refractivity contribution is 5.85. The Balaban J connectivity index is 2.77. The van der Waals surface area contributed by atoms with E-state index in [-0.39, 0.29) is 23.9 Å². The van der Waals surface area contributed by atoms with Gasteiger partial charge in [-0.05, 0) is 36.1 Å². The van der Waals surface area contributed by atoms with Crippen molar-refractivity contribution in [1.29, 1.82) is 0 Å². The van der Waals surface area contributed by atoms with Crippen molar-refractivity contribution >= 4 is 5.78 Å². The molecule has 1 aromatic rings. The fraction of sp³-hybridized carbons (Fsp3) is 0.462. The van der Waals surface area contributed by atoms with E-state index in [9.17, 15) is 14.3 Å². The number of hydrogen-bond donors (Lipinski definition) is 1. The largest absolute Gasteiger partial charge is 0.385 e. The number of carbonyl (C=O) groups excluding carboxylic acids is 1. The minimum absolute atomic E-state index is 0.0896. The van der Waals surface area contributed by atoms with E-state index in [1.165, 1.54) is 12.1 Å². The summed E-state index contributed by atoms with van der Waals surface area (Å²) in [4.78, 5) is 11.6. The lowest BCUT2D eigenvalue weighted by Crippen LogP contribution is -2.27. The molecule has 0 fully saturated rings. The highest BCUT2D eigenvalue weighted by Crippen LogP contribution is 2.13. The van der Waals surface area contributed by atoms with Gasteiger partial charge in [-0.2, -0.15) is 0 Å². The fourth-order valence-corrected chi connectivity index (χ4v) is 1.52. The Labute approximate surface area is 95.1 Å². The Morgan fingerprint density at radius 1 is 1.44 bits per heavy atom. The summed E-state index contributed by atoms with van der Waals surface area (Å²) >= 11 is 0. The predicted molar refractivity (Wildman–Crippen MR) is 60.7 cm³/mol. The van der Waals surface area contributed by atoms with Crippen LogP contribution in [0.25, 0.3) is 0 Å². The van der Waals surface area contributed by atoms with Crippen LogP contribution in [0.3, 0.4) is 0 Å². The van der Waals surface area contributed by atoms with E-state index in [0.717, 1.165) is 11.1 Å². The molecule has 0 amide bonds. The van der Waals surface area contributed by atoms with Crippen LogP contribution < -0.4 is 0 Å². The van der Waals surface area contributed by atoms with Crippen molar-refractivity contribution in [3.63, 3.8) is 0 Å². The van der Waals surface area contributed by atoms with Crippen LogP contribution in [-0.2, 0) is 11.2 Å². The van der Waals surface area contributed by atoms with Crippen molar-refractivity contribution in [3.8, 4) is 0 Å². The van der Waals surface area contributed by atoms with Crippen LogP contribution >= 0.6 is 0 Å². The second kappa shape index (κ2) is 5.21. The van der Waals surface area contributed by atoms with Crippen LogP contribution in [0.15, 0.2) is 18.2 Å². The zero-order valence-electron chi connectivity index (χ0n) is 9.83. The summed E-state index contributed by atoms with van der Waals surface area (Å²) in [5.41, 5.74) is 1.51. The van der Waals surface area contributed by atoms with E-state index >= 15 is 0 Å². The molecule has 0 radical (unpaired) electrons. The summed E-state index contributed by atoms with van der Waals surface area (Å²) in [6.45, 7) is 5.34. The van der Waals surface area contributed by atoms with Gasteiger partial charge in [-0.15, -0.1) is 0 Å². The van der Waals surface area contributed by atoms with Gasteiger partial charge >= 0.3 is 0 Å². The van der Waals surface area contributed by atoms with Gasteiger partial charge in [0.25, 0.3) is 0 Å². The molecule has 0 aliphatic rings. The third kappa shape index (κ3) is 3.14. The van der Waals surface area contributed by atoms with Crippen LogP contribution in [0.5, 0.6) is 0 Å². The second-order valence-electron chi connectivity index (χ2n) is 4.40. The minimum atomic E-state index is -0.940. The molecule has 1 rings (SSSR count). The molecule has 3 heteroatoms. The van der Waals surface area contributed by atoms with E-state index in [1.807, 2.05) is 0 Å². The average molecular weight is 224 g/mol. The molecule has 16 heavy (non-hydrogen) atoms. The van der Waals surface area contributed by atoms with E-state index in [1.54, 1.807) is 26.8 Å². The summed E-state index contributed by atoms with van der Waals surface area (Å²) in [5, 5.41) is 9.58. The summed E-state index contributed by atoms with van der Waals surface area (Å²) in [6, 6.07) is 4.32. The van der Waals surface area contributed by atoms with Gasteiger partial charge in [0.1, 0.15) is 11.9 Å². The molecule has 1 aromatic carbocycles. The zero-order chi connectivity index (χ0) is 12.3. The molecule has 0 saturated carbocycles. The summed E-state index contributed by atoms with van der Waals surface area (Å²) in [7, 11) is 0. The lowest BCUT2D eigenvalue weighted by molar-refractivity contribution is -0.128. The highest BCUT2D eigenvalue weighted by Gasteiger charge is 2.19. The van der Waals surface area contributed by atoms with Gasteiger partial charge in [0, 0.05) is 6.42 Å². The Hall–Kier alpha value is -1.22. The summed E-state index contributed by atoms with van der Waals surface area (Å²) in [6.07, 6.45) is -0.782. The SMILES string of the molecule is Cc1cc(F)ccc1CC(=O)C(O)C(C)C. The van der Waals surface area contributed by atoms with Gasteiger partial charge in [0.2, 0.25) is 0 Å². The fourth-order valence-electron chi connectivity index (χ4n) is 1.52. The van der Waals surface area contributed by atoms with Crippen molar-refractivity contribution in [2.24, 2.45) is 5.92 Å². The first-order chi connectivity index (χ1) is 7.41. The first-order valence-corrected chi connectivity index (χ1v) is 5.37. The van der Waals surface area contributed by atoms with Gasteiger partial charge in [0.15, 0.2) is 5.78 Å². The number of aliphatic hydroxyl groups excluding tert-OH is 1. The molecular formula is C13H17FO2. The maximum atomic E-state index is 12.8. The molecule has 1 unspecified atom stereocenters. The number of carbonyl (C=O) groups is 1. The van der Waals surface area contributed by atoms with Crippen molar-refractivity contribution in [1.82, 2.24) is 0 Å². The minimum Gasteiger partial charge on any atom is -0.385 e. The van der Waals surface area contributed by atoms with Crippen LogP contribution in [0.4, 0.5) is 4.39 Å². The normalized spacial score (nSPS) is 12.9. The number of Topliss-reactive ketones (excluding diaryl/α,β-unsaturated/α-hetero) is 1. The number of halogens is 1. The lowest BCUT2D eigenvalue weighted by atomic mass is 9.96. The van der Waals surface area contributed by atoms with Gasteiger partial charge in [-0.25, -0.2) is 4.39 Å². The predicted octanol–water partition coefficient (Wildman–Crippen LogP) is 2.26. The van der Waals surface area contributed by atoms with Crippen molar-refractivity contribution in [3.05, 3.63) is 35.1 Å². The van der Waals surface area contributed by atoms with Gasteiger partial charge in [-0.3, -0.25) is 4.79 Å². The topological polar surface area (TPSA) is 37.3 Å². The molecular weight excluding hydrogens is 207 g/mol. The highest BCUT2D eigenvalue weighted by atomic mass is 19.1. The van der Waals surface area contributed by atoms with E-state index in [4.69, 9.17) is 0 Å². The third-order valence-electron chi connectivity index (χ3n) is 2.63. The zero-order valence-corrected chi connectivity index (χ0v) is 9.83. The first kappa shape index (κ1) is 12.8. The molecule has 2 nitrogen and oxygen atoms in total. The molecule has 0 aliphatic carbocycles. The number of rotatable bonds is 4. The Bertz CT molecular complexity index is 386. The maximum absolute atomic E-state index is 12.8. The number of benzene rings is 1. The van der Waals surface area contributed by atoms with Crippen LogP contribution in [-0.4, -0.2) is 17.0 Å². The van der Waals surface area contributed by atoms with Crippen LogP contribution in [0.2, 0.25) is 0 Å². The van der Waals surface area contributed by atoms with Crippen molar-refractivity contribution in [2.45, 2.75) is 33.3 Å². The first-order valence-electron chi connectivity index (χ1n) is 5.37. The Kier molecular flexibility index (Phi) is 4.19. The molecule has 1 N–H and O–H groups in total. The van der Waals surface area contributed by atoms with E-state index in [2.05, 4.69) is 0 Å². The molecule has 0 spiro atoms. The molecule has 0 saturated heterocycles. The van der Waals surface area contributed by atoms with E-state index in [0.29, 0.717) is 0 Å². The number of aryl methyl sites for hydroxylation is 1. The lowest BCUT2D eigenvalue weighted by Gasteiger charge is -2.13. The quantitative estimate of drug-likeness (QED) is 0.851. The molecule has 0 bridgehead atoms. The molecule has 1 atom stereocenters. The Morgan fingerprint density at radius 3 is 2.56 bits per heavy atom. The number of ketones is 1. The van der Waals surface area contributed by atoms with Gasteiger partial charge in [-0.1, -0.05) is 19.9 Å². The summed E-state index contributed by atoms with van der Waals surface area (Å²) in [5.74, 6) is -0.615. The summed E-state index contributed by atoms with van der Waals surface area (Å²) < 4.78 is 12.8. The number of hydrogen-bond acceptors (Lipinski definition) is 2. The molecule has 88 valence electrons. The van der Waals surface area contributed by atoms with E-state index < -0.39 is 6.10 Å².